The number of carbonyl (C=O) groups excluding carboxylic acids is 1. The van der Waals surface area contributed by atoms with Crippen LogP contribution in [0.1, 0.15) is 18.4 Å². The molecule has 0 bridgehead atoms. The topological polar surface area (TPSA) is 102 Å². The number of hydrogen-bond donors (Lipinski definition) is 3. The van der Waals surface area contributed by atoms with Crippen LogP contribution in [0.15, 0.2) is 29.2 Å². The highest BCUT2D eigenvalue weighted by Crippen LogP contribution is 2.24. The number of benzene rings is 1. The van der Waals surface area contributed by atoms with E-state index in [4.69, 9.17) is 5.41 Å². The van der Waals surface area contributed by atoms with E-state index in [-0.39, 0.29) is 22.8 Å². The molecule has 2 aliphatic heterocycles. The summed E-state index contributed by atoms with van der Waals surface area (Å²) in [5.41, 5.74) is 0.723. The van der Waals surface area contributed by atoms with Crippen molar-refractivity contribution in [1.29, 1.82) is 5.41 Å². The molecule has 2 heterocycles. The Kier molecular flexibility index (Phi) is 4.25. The molecule has 3 rings (SSSR count). The summed E-state index contributed by atoms with van der Waals surface area (Å²) in [5.74, 6) is 0.415. The lowest BCUT2D eigenvalue weighted by Gasteiger charge is -2.38. The standard InChI is InChI=1S/C16H22N4O3S/c1-24(22,23)13-4-2-12(3-5-13)10-14(21)20-8-6-16(7-9-20)11-18-15(17)19-16/h2-5H,6-11H2,1H3,(H3,17,18,19). The van der Waals surface area contributed by atoms with E-state index in [1.54, 1.807) is 24.3 Å². The molecule has 130 valence electrons. The maximum atomic E-state index is 12.4. The van der Waals surface area contributed by atoms with Crippen molar-refractivity contribution in [1.82, 2.24) is 15.5 Å². The van der Waals surface area contributed by atoms with Crippen molar-refractivity contribution in [3.63, 3.8) is 0 Å². The van der Waals surface area contributed by atoms with Gasteiger partial charge >= 0.3 is 0 Å². The summed E-state index contributed by atoms with van der Waals surface area (Å²) in [6, 6.07) is 6.48. The summed E-state index contributed by atoms with van der Waals surface area (Å²) < 4.78 is 22.9. The van der Waals surface area contributed by atoms with E-state index >= 15 is 0 Å². The van der Waals surface area contributed by atoms with Crippen LogP contribution in [0.5, 0.6) is 0 Å². The second kappa shape index (κ2) is 6.08. The first-order valence-corrected chi connectivity index (χ1v) is 9.84. The third-order valence-corrected chi connectivity index (χ3v) is 5.90. The smallest absolute Gasteiger partial charge is 0.226 e. The van der Waals surface area contributed by atoms with Crippen molar-refractivity contribution >= 4 is 21.7 Å². The number of carbonyl (C=O) groups is 1. The predicted octanol–water partition coefficient (Wildman–Crippen LogP) is 0.121. The van der Waals surface area contributed by atoms with Gasteiger partial charge in [-0.25, -0.2) is 8.42 Å². The van der Waals surface area contributed by atoms with Gasteiger partial charge in [-0.1, -0.05) is 12.1 Å². The second-order valence-corrected chi connectivity index (χ2v) is 8.62. The van der Waals surface area contributed by atoms with Gasteiger partial charge in [-0.05, 0) is 30.5 Å². The van der Waals surface area contributed by atoms with Crippen LogP contribution in [0.4, 0.5) is 0 Å². The van der Waals surface area contributed by atoms with Gasteiger partial charge in [-0.15, -0.1) is 0 Å². The average molecular weight is 350 g/mol. The first kappa shape index (κ1) is 16.8. The molecule has 0 saturated carbocycles. The van der Waals surface area contributed by atoms with Crippen molar-refractivity contribution < 1.29 is 13.2 Å². The van der Waals surface area contributed by atoms with Crippen LogP contribution < -0.4 is 10.6 Å². The highest BCUT2D eigenvalue weighted by Gasteiger charge is 2.39. The Balaban J connectivity index is 1.57. The molecule has 1 amide bonds. The van der Waals surface area contributed by atoms with Crippen molar-refractivity contribution in [3.8, 4) is 0 Å². The number of likely N-dealkylation sites (tertiary alicyclic amines) is 1. The zero-order valence-electron chi connectivity index (χ0n) is 13.6. The number of nitrogens with zero attached hydrogens (tertiary/aromatic N) is 1. The summed E-state index contributed by atoms with van der Waals surface area (Å²) in [5, 5.41) is 13.8. The Hall–Kier alpha value is -2.09. The molecule has 0 aromatic heterocycles. The number of amides is 1. The molecule has 1 aromatic carbocycles. The third-order valence-electron chi connectivity index (χ3n) is 4.77. The number of guanidine groups is 1. The van der Waals surface area contributed by atoms with Gasteiger partial charge < -0.3 is 15.5 Å². The Morgan fingerprint density at radius 1 is 1.25 bits per heavy atom. The van der Waals surface area contributed by atoms with Crippen LogP contribution >= 0.6 is 0 Å². The van der Waals surface area contributed by atoms with Crippen molar-refractivity contribution in [3.05, 3.63) is 29.8 Å². The normalized spacial score (nSPS) is 19.9. The molecular weight excluding hydrogens is 328 g/mol. The van der Waals surface area contributed by atoms with Gasteiger partial charge in [-0.3, -0.25) is 10.2 Å². The van der Waals surface area contributed by atoms with Crippen LogP contribution in [0.25, 0.3) is 0 Å². The Morgan fingerprint density at radius 3 is 2.38 bits per heavy atom. The fraction of sp³-hybridized carbons (Fsp3) is 0.500. The van der Waals surface area contributed by atoms with Gasteiger partial charge in [-0.2, -0.15) is 0 Å². The molecular formula is C16H22N4O3S. The Morgan fingerprint density at radius 2 is 1.88 bits per heavy atom. The predicted molar refractivity (Wildman–Crippen MR) is 90.7 cm³/mol. The zero-order chi connectivity index (χ0) is 17.4. The molecule has 0 atom stereocenters. The van der Waals surface area contributed by atoms with Crippen LogP contribution in [-0.2, 0) is 21.1 Å². The van der Waals surface area contributed by atoms with Gasteiger partial charge in [0, 0.05) is 25.9 Å². The molecule has 0 radical (unpaired) electrons. The lowest BCUT2D eigenvalue weighted by atomic mass is 9.88. The van der Waals surface area contributed by atoms with Gasteiger partial charge in [0.25, 0.3) is 0 Å². The zero-order valence-corrected chi connectivity index (χ0v) is 14.4. The first-order chi connectivity index (χ1) is 11.3. The molecule has 1 spiro atoms. The minimum Gasteiger partial charge on any atom is -0.354 e. The van der Waals surface area contributed by atoms with E-state index in [1.807, 2.05) is 4.90 Å². The summed E-state index contributed by atoms with van der Waals surface area (Å²) in [6.45, 7) is 2.07. The molecule has 3 N–H and O–H groups in total. The molecule has 7 nitrogen and oxygen atoms in total. The minimum absolute atomic E-state index is 0.0537. The summed E-state index contributed by atoms with van der Waals surface area (Å²) in [4.78, 5) is 14.6. The number of hydrogen-bond acceptors (Lipinski definition) is 4. The molecule has 8 heteroatoms. The van der Waals surface area contributed by atoms with Gasteiger partial charge in [0.1, 0.15) is 0 Å². The number of sulfone groups is 1. The Bertz CT molecular complexity index is 750. The summed E-state index contributed by atoms with van der Waals surface area (Å²) in [6.07, 6.45) is 3.09. The van der Waals surface area contributed by atoms with Crippen molar-refractivity contribution in [2.24, 2.45) is 0 Å². The Labute approximate surface area is 141 Å². The number of rotatable bonds is 3. The maximum absolute atomic E-state index is 12.4. The molecule has 24 heavy (non-hydrogen) atoms. The van der Waals surface area contributed by atoms with Gasteiger partial charge in [0.05, 0.1) is 16.9 Å². The van der Waals surface area contributed by atoms with Crippen LogP contribution in [0.3, 0.4) is 0 Å². The molecule has 1 aromatic rings. The second-order valence-electron chi connectivity index (χ2n) is 6.61. The monoisotopic (exact) mass is 350 g/mol. The largest absolute Gasteiger partial charge is 0.354 e. The van der Waals surface area contributed by atoms with E-state index in [9.17, 15) is 13.2 Å². The van der Waals surface area contributed by atoms with E-state index in [0.29, 0.717) is 19.0 Å². The van der Waals surface area contributed by atoms with E-state index < -0.39 is 9.84 Å². The fourth-order valence-electron chi connectivity index (χ4n) is 3.24. The first-order valence-electron chi connectivity index (χ1n) is 7.95. The number of piperidine rings is 1. The minimum atomic E-state index is -3.21. The van der Waals surface area contributed by atoms with Gasteiger partial charge in [0.15, 0.2) is 15.8 Å². The quantitative estimate of drug-likeness (QED) is 0.719. The van der Waals surface area contributed by atoms with E-state index in [0.717, 1.165) is 24.9 Å². The molecule has 2 saturated heterocycles. The van der Waals surface area contributed by atoms with Crippen LogP contribution in [0.2, 0.25) is 0 Å². The molecule has 2 aliphatic rings. The lowest BCUT2D eigenvalue weighted by molar-refractivity contribution is -0.132. The fourth-order valence-corrected chi connectivity index (χ4v) is 3.87. The highest BCUT2D eigenvalue weighted by atomic mass is 32.2. The summed E-state index contributed by atoms with van der Waals surface area (Å²) in [7, 11) is -3.21. The van der Waals surface area contributed by atoms with Crippen LogP contribution in [-0.4, -0.2) is 56.6 Å². The van der Waals surface area contributed by atoms with Crippen molar-refractivity contribution in [2.45, 2.75) is 29.7 Å². The molecule has 0 aliphatic carbocycles. The average Bonchev–Trinajstić information content (AvgIpc) is 2.88. The highest BCUT2D eigenvalue weighted by molar-refractivity contribution is 7.90. The SMILES string of the molecule is CS(=O)(=O)c1ccc(CC(=O)N2CCC3(CC2)CNC(=N)N3)cc1. The van der Waals surface area contributed by atoms with E-state index in [2.05, 4.69) is 10.6 Å². The van der Waals surface area contributed by atoms with Crippen molar-refractivity contribution in [2.75, 3.05) is 25.9 Å². The van der Waals surface area contributed by atoms with Crippen LogP contribution in [0, 0.1) is 5.41 Å². The lowest BCUT2D eigenvalue weighted by Crippen LogP contribution is -2.53. The summed E-state index contributed by atoms with van der Waals surface area (Å²) >= 11 is 0. The third kappa shape index (κ3) is 3.53. The van der Waals surface area contributed by atoms with E-state index in [1.165, 1.54) is 6.26 Å². The van der Waals surface area contributed by atoms with Gasteiger partial charge in [0.2, 0.25) is 5.91 Å². The molecule has 0 unspecified atom stereocenters. The number of nitrogens with one attached hydrogen (secondary N) is 3. The maximum Gasteiger partial charge on any atom is 0.226 e. The molecule has 2 fully saturated rings.